The van der Waals surface area contributed by atoms with Gasteiger partial charge in [0.05, 0.1) is 12.2 Å². The molecule has 0 aliphatic carbocycles. The van der Waals surface area contributed by atoms with Crippen LogP contribution in [0.5, 0.6) is 0 Å². The number of rotatable bonds is 4. The maximum Gasteiger partial charge on any atom is 0.341 e. The second kappa shape index (κ2) is 5.61. The molecule has 2 aromatic heterocycles. The summed E-state index contributed by atoms with van der Waals surface area (Å²) in [5.41, 5.74) is 0.326. The van der Waals surface area contributed by atoms with Crippen molar-refractivity contribution < 1.29 is 14.3 Å². The minimum absolute atomic E-state index is 0.0284. The number of carbonyl (C=O) groups is 2. The number of hydrogen-bond donors (Lipinski definition) is 2. The number of aromatic amines is 1. The van der Waals surface area contributed by atoms with Crippen LogP contribution >= 0.6 is 11.3 Å². The van der Waals surface area contributed by atoms with E-state index in [0.717, 1.165) is 0 Å². The van der Waals surface area contributed by atoms with Gasteiger partial charge in [-0.25, -0.2) is 9.78 Å². The second-order valence-corrected chi connectivity index (χ2v) is 4.50. The van der Waals surface area contributed by atoms with E-state index < -0.39 is 11.9 Å². The molecule has 2 aromatic rings. The van der Waals surface area contributed by atoms with Gasteiger partial charge in [-0.2, -0.15) is 0 Å². The largest absolute Gasteiger partial charge is 0.462 e. The summed E-state index contributed by atoms with van der Waals surface area (Å²) >= 11 is 1.23. The van der Waals surface area contributed by atoms with Crippen LogP contribution in [0.4, 0.5) is 5.00 Å². The number of amides is 1. The number of anilines is 1. The molecule has 1 amide bonds. The number of nitrogens with one attached hydrogen (secondary N) is 2. The quantitative estimate of drug-likeness (QED) is 0.829. The van der Waals surface area contributed by atoms with Gasteiger partial charge in [-0.15, -0.1) is 16.4 Å². The molecule has 100 valence electrons. The third-order valence-corrected chi connectivity index (χ3v) is 3.02. The number of esters is 1. The van der Waals surface area contributed by atoms with E-state index in [1.165, 1.54) is 11.3 Å². The Morgan fingerprint density at radius 1 is 1.53 bits per heavy atom. The van der Waals surface area contributed by atoms with Crippen LogP contribution in [0, 0.1) is 6.92 Å². The summed E-state index contributed by atoms with van der Waals surface area (Å²) in [6.07, 6.45) is 0. The molecule has 0 spiro atoms. The lowest BCUT2D eigenvalue weighted by Crippen LogP contribution is -2.15. The predicted octanol–water partition coefficient (Wildman–Crippen LogP) is 1.60. The molecule has 2 rings (SSSR count). The van der Waals surface area contributed by atoms with E-state index in [1.54, 1.807) is 25.3 Å². The highest BCUT2D eigenvalue weighted by Gasteiger charge is 2.18. The smallest absolute Gasteiger partial charge is 0.341 e. The average molecular weight is 280 g/mol. The Morgan fingerprint density at radius 2 is 2.32 bits per heavy atom. The van der Waals surface area contributed by atoms with Crippen LogP contribution < -0.4 is 5.32 Å². The molecule has 2 N–H and O–H groups in total. The van der Waals surface area contributed by atoms with Gasteiger partial charge in [-0.1, -0.05) is 0 Å². The third-order valence-electron chi connectivity index (χ3n) is 2.19. The molecular formula is C11H12N4O3S. The molecule has 0 atom stereocenters. The molecule has 8 heteroatoms. The molecule has 19 heavy (non-hydrogen) atoms. The second-order valence-electron chi connectivity index (χ2n) is 3.58. The number of aryl methyl sites for hydroxylation is 1. The Labute approximate surface area is 113 Å². The molecule has 0 radical (unpaired) electrons. The van der Waals surface area contributed by atoms with Crippen LogP contribution in [-0.2, 0) is 4.74 Å². The summed E-state index contributed by atoms with van der Waals surface area (Å²) in [5.74, 6) is -0.370. The number of nitrogens with zero attached hydrogens (tertiary/aromatic N) is 2. The van der Waals surface area contributed by atoms with Gasteiger partial charge >= 0.3 is 5.97 Å². The molecule has 0 fully saturated rings. The zero-order valence-electron chi connectivity index (χ0n) is 10.4. The van der Waals surface area contributed by atoms with Crippen LogP contribution in [0.3, 0.4) is 0 Å². The van der Waals surface area contributed by atoms with Crippen molar-refractivity contribution in [2.24, 2.45) is 0 Å². The van der Waals surface area contributed by atoms with E-state index in [9.17, 15) is 9.59 Å². The number of ether oxygens (including phenoxy) is 1. The Hall–Kier alpha value is -2.22. The zero-order chi connectivity index (χ0) is 13.8. The van der Waals surface area contributed by atoms with E-state index in [4.69, 9.17) is 4.74 Å². The van der Waals surface area contributed by atoms with Crippen molar-refractivity contribution in [3.63, 3.8) is 0 Å². The fourth-order valence-corrected chi connectivity index (χ4v) is 2.15. The van der Waals surface area contributed by atoms with E-state index >= 15 is 0 Å². The molecule has 0 aliphatic rings. The van der Waals surface area contributed by atoms with Gasteiger partial charge in [-0.3, -0.25) is 9.89 Å². The molecule has 0 unspecified atom stereocenters. The van der Waals surface area contributed by atoms with E-state index in [2.05, 4.69) is 20.5 Å². The minimum atomic E-state index is -0.475. The number of carbonyl (C=O) groups excluding carboxylic acids is 2. The summed E-state index contributed by atoms with van der Waals surface area (Å²) in [4.78, 5) is 27.4. The van der Waals surface area contributed by atoms with Crippen LogP contribution in [-0.4, -0.2) is 33.7 Å². The Bertz CT molecular complexity index is 605. The summed E-state index contributed by atoms with van der Waals surface area (Å²) in [6.45, 7) is 3.69. The van der Waals surface area contributed by atoms with Gasteiger partial charge in [0, 0.05) is 0 Å². The highest BCUT2D eigenvalue weighted by molar-refractivity contribution is 7.14. The van der Waals surface area contributed by atoms with Gasteiger partial charge in [0.25, 0.3) is 5.91 Å². The monoisotopic (exact) mass is 280 g/mol. The van der Waals surface area contributed by atoms with Crippen LogP contribution in [0.15, 0.2) is 11.4 Å². The van der Waals surface area contributed by atoms with Crippen molar-refractivity contribution in [3.8, 4) is 0 Å². The van der Waals surface area contributed by atoms with Gasteiger partial charge in [0.2, 0.25) is 5.82 Å². The summed E-state index contributed by atoms with van der Waals surface area (Å²) < 4.78 is 4.90. The molecular weight excluding hydrogens is 268 g/mol. The standard InChI is InChI=1S/C11H12N4O3S/c1-3-18-11(17)7-4-5-19-10(7)13-9(16)8-12-6(2)14-15-8/h4-5H,3H2,1-2H3,(H,13,16)(H,12,14,15). The van der Waals surface area contributed by atoms with Crippen LogP contribution in [0.1, 0.15) is 33.7 Å². The Balaban J connectivity index is 2.13. The van der Waals surface area contributed by atoms with Crippen LogP contribution in [0.25, 0.3) is 0 Å². The molecule has 2 heterocycles. The van der Waals surface area contributed by atoms with E-state index in [0.29, 0.717) is 16.4 Å². The molecule has 0 saturated carbocycles. The number of thiophene rings is 1. The highest BCUT2D eigenvalue weighted by atomic mass is 32.1. The predicted molar refractivity (Wildman–Crippen MR) is 69.3 cm³/mol. The van der Waals surface area contributed by atoms with Gasteiger partial charge < -0.3 is 10.1 Å². The van der Waals surface area contributed by atoms with Gasteiger partial charge in [0.15, 0.2) is 0 Å². The molecule has 0 saturated heterocycles. The van der Waals surface area contributed by atoms with Crippen molar-refractivity contribution in [3.05, 3.63) is 28.7 Å². The van der Waals surface area contributed by atoms with Crippen molar-refractivity contribution >= 4 is 28.2 Å². The fraction of sp³-hybridized carbons (Fsp3) is 0.273. The van der Waals surface area contributed by atoms with E-state index in [1.807, 2.05) is 0 Å². The molecule has 0 aromatic carbocycles. The topological polar surface area (TPSA) is 97.0 Å². The van der Waals surface area contributed by atoms with Crippen LogP contribution in [0.2, 0.25) is 0 Å². The zero-order valence-corrected chi connectivity index (χ0v) is 11.2. The van der Waals surface area contributed by atoms with Crippen molar-refractivity contribution in [2.75, 3.05) is 11.9 Å². The lowest BCUT2D eigenvalue weighted by atomic mass is 10.3. The number of aromatic nitrogens is 3. The lowest BCUT2D eigenvalue weighted by molar-refractivity contribution is 0.0528. The fourth-order valence-electron chi connectivity index (χ4n) is 1.38. The first-order valence-electron chi connectivity index (χ1n) is 5.56. The normalized spacial score (nSPS) is 10.2. The first kappa shape index (κ1) is 13.2. The first-order valence-corrected chi connectivity index (χ1v) is 6.44. The van der Waals surface area contributed by atoms with Crippen molar-refractivity contribution in [1.82, 2.24) is 15.2 Å². The Kier molecular flexibility index (Phi) is 3.91. The summed E-state index contributed by atoms with van der Waals surface area (Å²) in [7, 11) is 0. The Morgan fingerprint density at radius 3 is 2.95 bits per heavy atom. The lowest BCUT2D eigenvalue weighted by Gasteiger charge is -2.04. The van der Waals surface area contributed by atoms with Gasteiger partial charge in [-0.05, 0) is 25.3 Å². The maximum absolute atomic E-state index is 11.9. The SMILES string of the molecule is CCOC(=O)c1ccsc1NC(=O)c1n[nH]c(C)n1. The maximum atomic E-state index is 11.9. The average Bonchev–Trinajstić information content (AvgIpc) is 2.98. The molecule has 0 aliphatic heterocycles. The number of hydrogen-bond acceptors (Lipinski definition) is 6. The van der Waals surface area contributed by atoms with Crippen molar-refractivity contribution in [2.45, 2.75) is 13.8 Å². The minimum Gasteiger partial charge on any atom is -0.462 e. The summed E-state index contributed by atoms with van der Waals surface area (Å²) in [6, 6.07) is 1.60. The van der Waals surface area contributed by atoms with Gasteiger partial charge in [0.1, 0.15) is 10.8 Å². The highest BCUT2D eigenvalue weighted by Crippen LogP contribution is 2.24. The van der Waals surface area contributed by atoms with Crippen molar-refractivity contribution in [1.29, 1.82) is 0 Å². The molecule has 7 nitrogen and oxygen atoms in total. The van der Waals surface area contributed by atoms with E-state index in [-0.39, 0.29) is 12.4 Å². The number of H-pyrrole nitrogens is 1. The third kappa shape index (κ3) is 2.97. The first-order chi connectivity index (χ1) is 9.11. The molecule has 0 bridgehead atoms. The summed E-state index contributed by atoms with van der Waals surface area (Å²) in [5, 5.41) is 11.0.